The first-order valence-electron chi connectivity index (χ1n) is 13.4. The molecule has 38 heavy (non-hydrogen) atoms. The number of aryl methyl sites for hydroxylation is 1. The predicted octanol–water partition coefficient (Wildman–Crippen LogP) is 6.35. The number of hydrogen-bond acceptors (Lipinski definition) is 5. The van der Waals surface area contributed by atoms with Gasteiger partial charge in [-0.15, -0.1) is 0 Å². The number of amides is 1. The molecule has 2 saturated carbocycles. The van der Waals surface area contributed by atoms with E-state index < -0.39 is 46.9 Å². The largest absolute Gasteiger partial charge is 0.373 e. The van der Waals surface area contributed by atoms with Crippen LogP contribution in [0.5, 0.6) is 0 Å². The molecule has 1 aromatic heterocycles. The van der Waals surface area contributed by atoms with Gasteiger partial charge in [-0.1, -0.05) is 31.0 Å². The fraction of sp³-hybridized carbons (Fsp3) is 0.607. The molecule has 5 rings (SSSR count). The van der Waals surface area contributed by atoms with Crippen LogP contribution in [0, 0.1) is 18.7 Å². The van der Waals surface area contributed by atoms with Gasteiger partial charge in [-0.25, -0.2) is 27.5 Å². The second kappa shape index (κ2) is 10.4. The Bertz CT molecular complexity index is 1190. The zero-order valence-corrected chi connectivity index (χ0v) is 21.8. The third-order valence-electron chi connectivity index (χ3n) is 7.99. The van der Waals surface area contributed by atoms with Gasteiger partial charge in [0, 0.05) is 35.7 Å². The van der Waals surface area contributed by atoms with Crippen LogP contribution in [0.3, 0.4) is 0 Å². The fourth-order valence-electron chi connectivity index (χ4n) is 5.51. The van der Waals surface area contributed by atoms with E-state index in [9.17, 15) is 4.79 Å². The first kappa shape index (κ1) is 26.8. The first-order valence-corrected chi connectivity index (χ1v) is 13.4. The van der Waals surface area contributed by atoms with E-state index in [1.807, 2.05) is 6.92 Å². The smallest absolute Gasteiger partial charge is 0.278 e. The number of anilines is 1. The number of benzene rings is 1. The van der Waals surface area contributed by atoms with Crippen molar-refractivity contribution in [3.8, 4) is 0 Å². The van der Waals surface area contributed by atoms with Crippen molar-refractivity contribution in [2.45, 2.75) is 95.5 Å². The summed E-state index contributed by atoms with van der Waals surface area (Å²) >= 11 is 0. The van der Waals surface area contributed by atoms with Crippen LogP contribution < -0.4 is 10.6 Å². The Morgan fingerprint density at radius 2 is 1.92 bits per heavy atom. The van der Waals surface area contributed by atoms with Gasteiger partial charge in [0.05, 0.1) is 17.4 Å². The van der Waals surface area contributed by atoms with Gasteiger partial charge in [-0.05, 0) is 52.4 Å². The molecule has 0 bridgehead atoms. The van der Waals surface area contributed by atoms with Crippen molar-refractivity contribution < 1.29 is 27.1 Å². The maximum absolute atomic E-state index is 15.6. The van der Waals surface area contributed by atoms with Crippen molar-refractivity contribution in [2.75, 3.05) is 11.9 Å². The van der Waals surface area contributed by atoms with Crippen molar-refractivity contribution >= 4 is 11.7 Å². The summed E-state index contributed by atoms with van der Waals surface area (Å²) in [6.45, 7) is 3.74. The number of ether oxygens (including phenoxy) is 1. The third-order valence-corrected chi connectivity index (χ3v) is 7.99. The Labute approximate surface area is 220 Å². The Morgan fingerprint density at radius 3 is 2.58 bits per heavy atom. The van der Waals surface area contributed by atoms with Crippen LogP contribution in [-0.4, -0.2) is 28.0 Å². The van der Waals surface area contributed by atoms with E-state index in [-0.39, 0.29) is 29.4 Å². The summed E-state index contributed by atoms with van der Waals surface area (Å²) in [5, 5.41) is 5.75. The average Bonchev–Trinajstić information content (AvgIpc) is 3.31. The number of carbonyl (C=O) groups excluding carboxylic acids is 1. The molecule has 1 saturated heterocycles. The average molecular weight is 535 g/mol. The maximum atomic E-state index is 15.6. The van der Waals surface area contributed by atoms with E-state index in [1.54, 1.807) is 6.92 Å². The highest BCUT2D eigenvalue weighted by molar-refractivity contribution is 5.83. The minimum Gasteiger partial charge on any atom is -0.373 e. The Balaban J connectivity index is 1.44. The number of alkyl halides is 3. The van der Waals surface area contributed by atoms with E-state index in [2.05, 4.69) is 20.6 Å². The van der Waals surface area contributed by atoms with Crippen molar-refractivity contribution in [3.05, 3.63) is 52.2 Å². The molecular formula is C28H34F4N4O2. The summed E-state index contributed by atoms with van der Waals surface area (Å²) in [4.78, 5) is 21.4. The Morgan fingerprint density at radius 1 is 1.18 bits per heavy atom. The standard InChI is InChI=1S/C28H34F4N4O2/c1-16-34-24(23(30)26(37)36-27(2)12-13-27)21(20-11-6-14-38-20)25(35-16)33-15-17-7-5-10-19(22(17)29)28(31,32)18-8-3-4-9-18/h5,7,10,18,20,23H,3-4,6,8-9,11-15H2,1-2H3,(H,36,37)(H,33,34,35). The molecule has 10 heteroatoms. The van der Waals surface area contributed by atoms with Crippen LogP contribution in [0.15, 0.2) is 18.2 Å². The second-order valence-electron chi connectivity index (χ2n) is 11.1. The highest BCUT2D eigenvalue weighted by Crippen LogP contribution is 2.46. The van der Waals surface area contributed by atoms with Gasteiger partial charge in [0.2, 0.25) is 6.17 Å². The lowest BCUT2D eigenvalue weighted by Gasteiger charge is -2.25. The number of hydrogen-bond donors (Lipinski definition) is 2. The summed E-state index contributed by atoms with van der Waals surface area (Å²) in [7, 11) is 0. The van der Waals surface area contributed by atoms with E-state index in [1.165, 1.54) is 12.1 Å². The van der Waals surface area contributed by atoms with Gasteiger partial charge >= 0.3 is 0 Å². The highest BCUT2D eigenvalue weighted by Gasteiger charge is 2.45. The number of nitrogens with zero attached hydrogens (tertiary/aromatic N) is 2. The van der Waals surface area contributed by atoms with E-state index in [4.69, 9.17) is 4.74 Å². The van der Waals surface area contributed by atoms with Crippen LogP contribution in [-0.2, 0) is 22.0 Å². The molecule has 1 aromatic carbocycles. The molecule has 2 aromatic rings. The van der Waals surface area contributed by atoms with E-state index >= 15 is 17.6 Å². The molecule has 0 radical (unpaired) electrons. The first-order chi connectivity index (χ1) is 18.1. The molecule has 2 N–H and O–H groups in total. The number of aromatic nitrogens is 2. The van der Waals surface area contributed by atoms with Crippen LogP contribution in [0.25, 0.3) is 0 Å². The maximum Gasteiger partial charge on any atom is 0.278 e. The van der Waals surface area contributed by atoms with Crippen molar-refractivity contribution in [2.24, 2.45) is 5.92 Å². The lowest BCUT2D eigenvalue weighted by atomic mass is 9.91. The molecule has 3 fully saturated rings. The molecule has 2 atom stereocenters. The predicted molar refractivity (Wildman–Crippen MR) is 134 cm³/mol. The molecule has 2 heterocycles. The Kier molecular flexibility index (Phi) is 7.37. The normalized spacial score (nSPS) is 21.9. The number of nitrogens with one attached hydrogen (secondary N) is 2. The van der Waals surface area contributed by atoms with Crippen LogP contribution in [0.2, 0.25) is 0 Å². The summed E-state index contributed by atoms with van der Waals surface area (Å²) < 4.78 is 67.1. The minimum atomic E-state index is -3.26. The molecule has 2 unspecified atom stereocenters. The van der Waals surface area contributed by atoms with Crippen LogP contribution in [0.4, 0.5) is 23.4 Å². The quantitative estimate of drug-likeness (QED) is 0.367. The monoisotopic (exact) mass is 534 g/mol. The number of carbonyl (C=O) groups is 1. The van der Waals surface area contributed by atoms with Gasteiger partial charge in [-0.3, -0.25) is 4.79 Å². The third kappa shape index (κ3) is 5.37. The molecule has 0 spiro atoms. The lowest BCUT2D eigenvalue weighted by Crippen LogP contribution is -2.37. The van der Waals surface area contributed by atoms with Crippen LogP contribution >= 0.6 is 0 Å². The van der Waals surface area contributed by atoms with Crippen molar-refractivity contribution in [1.29, 1.82) is 0 Å². The van der Waals surface area contributed by atoms with Gasteiger partial charge < -0.3 is 15.4 Å². The zero-order valence-electron chi connectivity index (χ0n) is 21.8. The minimum absolute atomic E-state index is 0.0486. The molecule has 206 valence electrons. The van der Waals surface area contributed by atoms with Gasteiger partial charge in [0.15, 0.2) is 0 Å². The molecule has 1 aliphatic heterocycles. The summed E-state index contributed by atoms with van der Waals surface area (Å²) in [5.74, 6) is -5.43. The Hall–Kier alpha value is -2.75. The van der Waals surface area contributed by atoms with E-state index in [0.29, 0.717) is 31.4 Å². The molecule has 2 aliphatic carbocycles. The molecule has 3 aliphatic rings. The van der Waals surface area contributed by atoms with Crippen molar-refractivity contribution in [1.82, 2.24) is 15.3 Å². The fourth-order valence-corrected chi connectivity index (χ4v) is 5.51. The summed E-state index contributed by atoms with van der Waals surface area (Å²) in [6.07, 6.45) is 2.49. The lowest BCUT2D eigenvalue weighted by molar-refractivity contribution is -0.127. The summed E-state index contributed by atoms with van der Waals surface area (Å²) in [5.41, 5.74) is -0.734. The molecular weight excluding hydrogens is 500 g/mol. The van der Waals surface area contributed by atoms with Crippen molar-refractivity contribution in [3.63, 3.8) is 0 Å². The van der Waals surface area contributed by atoms with E-state index in [0.717, 1.165) is 38.2 Å². The molecule has 1 amide bonds. The highest BCUT2D eigenvalue weighted by atomic mass is 19.3. The van der Waals surface area contributed by atoms with Gasteiger partial charge in [0.25, 0.3) is 11.8 Å². The van der Waals surface area contributed by atoms with Gasteiger partial charge in [-0.2, -0.15) is 0 Å². The summed E-state index contributed by atoms with van der Waals surface area (Å²) in [6, 6.07) is 4.02. The zero-order chi connectivity index (χ0) is 27.1. The molecule has 6 nitrogen and oxygen atoms in total. The van der Waals surface area contributed by atoms with Crippen LogP contribution in [0.1, 0.15) is 98.8 Å². The number of rotatable bonds is 9. The van der Waals surface area contributed by atoms with Gasteiger partial charge in [0.1, 0.15) is 17.5 Å². The SMILES string of the molecule is Cc1nc(NCc2cccc(C(F)(F)C3CCCC3)c2F)c(C2CCCO2)c(C(F)C(=O)NC2(C)CC2)n1. The second-order valence-corrected chi connectivity index (χ2v) is 11.1. The number of halogens is 4. The topological polar surface area (TPSA) is 76.1 Å².